The number of Topliss-reactive ketones (excluding diaryl/α,β-unsaturated/α-hetero) is 1. The number of nitrogens with one attached hydrogen (secondary N) is 2. The summed E-state index contributed by atoms with van der Waals surface area (Å²) >= 11 is 0. The number of aryl methyl sites for hydroxylation is 2. The first kappa shape index (κ1) is 17.7. The predicted molar refractivity (Wildman–Crippen MR) is 85.6 cm³/mol. The van der Waals surface area contributed by atoms with Crippen molar-refractivity contribution in [3.63, 3.8) is 0 Å². The minimum atomic E-state index is -0.729. The number of amides is 3. The Labute approximate surface area is 139 Å². The van der Waals surface area contributed by atoms with E-state index < -0.39 is 24.5 Å². The lowest BCUT2D eigenvalue weighted by molar-refractivity contribution is -0.148. The Hall–Kier alpha value is -2.70. The minimum absolute atomic E-state index is 0.0225. The van der Waals surface area contributed by atoms with E-state index in [2.05, 4.69) is 5.32 Å². The molecule has 2 rings (SSSR count). The van der Waals surface area contributed by atoms with Crippen molar-refractivity contribution in [2.75, 3.05) is 13.7 Å². The highest BCUT2D eigenvalue weighted by molar-refractivity contribution is 5.98. The number of rotatable bonds is 6. The van der Waals surface area contributed by atoms with Crippen molar-refractivity contribution in [2.45, 2.75) is 32.1 Å². The number of ketones is 1. The molecule has 0 heterocycles. The lowest BCUT2D eigenvalue weighted by Gasteiger charge is -2.06. The number of hydrogen-bond donors (Lipinski definition) is 2. The molecule has 0 bridgehead atoms. The zero-order valence-electron chi connectivity index (χ0n) is 13.5. The van der Waals surface area contributed by atoms with Crippen LogP contribution in [0.1, 0.15) is 40.7 Å². The van der Waals surface area contributed by atoms with Crippen molar-refractivity contribution < 1.29 is 23.9 Å². The van der Waals surface area contributed by atoms with Gasteiger partial charge < -0.3 is 10.1 Å². The largest absolute Gasteiger partial charge is 0.456 e. The molecule has 0 saturated carbocycles. The maximum absolute atomic E-state index is 12.1. The van der Waals surface area contributed by atoms with Gasteiger partial charge in [-0.25, -0.2) is 4.79 Å². The van der Waals surface area contributed by atoms with Crippen LogP contribution in [0.15, 0.2) is 18.2 Å². The molecule has 0 atom stereocenters. The van der Waals surface area contributed by atoms with Gasteiger partial charge in [0.15, 0.2) is 12.4 Å². The van der Waals surface area contributed by atoms with Crippen molar-refractivity contribution in [1.29, 1.82) is 0 Å². The first-order chi connectivity index (χ1) is 11.5. The molecule has 1 aromatic rings. The van der Waals surface area contributed by atoms with E-state index in [4.69, 9.17) is 4.74 Å². The summed E-state index contributed by atoms with van der Waals surface area (Å²) < 4.78 is 4.73. The van der Waals surface area contributed by atoms with E-state index in [1.54, 1.807) is 6.07 Å². The number of urea groups is 1. The Bertz CT molecular complexity index is 669. The van der Waals surface area contributed by atoms with E-state index in [0.717, 1.165) is 19.3 Å². The molecular weight excluding hydrogens is 312 g/mol. The monoisotopic (exact) mass is 332 g/mol. The van der Waals surface area contributed by atoms with Crippen LogP contribution in [0.3, 0.4) is 0 Å². The van der Waals surface area contributed by atoms with Crippen LogP contribution < -0.4 is 10.6 Å². The lowest BCUT2D eigenvalue weighted by Crippen LogP contribution is -2.39. The van der Waals surface area contributed by atoms with Gasteiger partial charge in [-0.1, -0.05) is 12.1 Å². The van der Waals surface area contributed by atoms with Crippen LogP contribution in [-0.2, 0) is 27.2 Å². The van der Waals surface area contributed by atoms with E-state index in [-0.39, 0.29) is 18.6 Å². The molecule has 7 nitrogen and oxygen atoms in total. The van der Waals surface area contributed by atoms with Crippen molar-refractivity contribution in [2.24, 2.45) is 0 Å². The second-order valence-corrected chi connectivity index (χ2v) is 5.55. The predicted octanol–water partition coefficient (Wildman–Crippen LogP) is 1.14. The van der Waals surface area contributed by atoms with E-state index in [9.17, 15) is 19.2 Å². The molecule has 0 fully saturated rings. The van der Waals surface area contributed by atoms with Crippen molar-refractivity contribution >= 4 is 23.7 Å². The number of ether oxygens (including phenoxy) is 1. The molecule has 1 aliphatic carbocycles. The van der Waals surface area contributed by atoms with E-state index in [1.807, 2.05) is 17.4 Å². The fraction of sp³-hybridized carbons (Fsp3) is 0.412. The van der Waals surface area contributed by atoms with E-state index >= 15 is 0 Å². The molecule has 128 valence electrons. The van der Waals surface area contributed by atoms with Crippen molar-refractivity contribution in [3.05, 3.63) is 34.9 Å². The lowest BCUT2D eigenvalue weighted by atomic mass is 10.0. The van der Waals surface area contributed by atoms with Crippen LogP contribution in [0.25, 0.3) is 0 Å². The van der Waals surface area contributed by atoms with Crippen LogP contribution in [0.5, 0.6) is 0 Å². The van der Waals surface area contributed by atoms with Gasteiger partial charge in [-0.2, -0.15) is 0 Å². The highest BCUT2D eigenvalue weighted by Gasteiger charge is 2.16. The minimum Gasteiger partial charge on any atom is -0.456 e. The number of esters is 1. The highest BCUT2D eigenvalue weighted by atomic mass is 16.5. The number of fused-ring (bicyclic) bond motifs is 1. The molecule has 7 heteroatoms. The summed E-state index contributed by atoms with van der Waals surface area (Å²) in [6.07, 6.45) is 3.06. The fourth-order valence-corrected chi connectivity index (χ4v) is 2.55. The number of carbonyl (C=O) groups is 4. The number of hydrogen-bond acceptors (Lipinski definition) is 5. The van der Waals surface area contributed by atoms with E-state index in [1.165, 1.54) is 18.2 Å². The van der Waals surface area contributed by atoms with Gasteiger partial charge in [0.25, 0.3) is 5.91 Å². The standard InChI is InChI=1S/C17H20N2O5/c1-18-17(23)19-15(21)10-24-16(22)8-7-14(20)13-6-5-11-3-2-4-12(11)9-13/h5-6,9H,2-4,7-8,10H2,1H3,(H2,18,19,21,23). The molecule has 24 heavy (non-hydrogen) atoms. The third-order valence-electron chi connectivity index (χ3n) is 3.82. The summed E-state index contributed by atoms with van der Waals surface area (Å²) in [5.41, 5.74) is 3.09. The molecule has 0 aliphatic heterocycles. The summed E-state index contributed by atoms with van der Waals surface area (Å²) in [4.78, 5) is 45.9. The zero-order valence-corrected chi connectivity index (χ0v) is 13.5. The molecule has 1 aliphatic rings. The van der Waals surface area contributed by atoms with Crippen LogP contribution in [0, 0.1) is 0 Å². The van der Waals surface area contributed by atoms with Crippen molar-refractivity contribution in [3.8, 4) is 0 Å². The SMILES string of the molecule is CNC(=O)NC(=O)COC(=O)CCC(=O)c1ccc2c(c1)CCC2. The normalized spacial score (nSPS) is 12.2. The molecule has 3 amide bonds. The zero-order chi connectivity index (χ0) is 17.5. The summed E-state index contributed by atoms with van der Waals surface area (Å²) in [7, 11) is 1.36. The van der Waals surface area contributed by atoms with Gasteiger partial charge in [0.2, 0.25) is 0 Å². The van der Waals surface area contributed by atoms with E-state index in [0.29, 0.717) is 5.56 Å². The van der Waals surface area contributed by atoms with Gasteiger partial charge in [0.1, 0.15) is 0 Å². The highest BCUT2D eigenvalue weighted by Crippen LogP contribution is 2.23. The Kier molecular flexibility index (Phi) is 6.06. The Balaban J connectivity index is 1.74. The van der Waals surface area contributed by atoms with Crippen LogP contribution >= 0.6 is 0 Å². The maximum atomic E-state index is 12.1. The molecule has 2 N–H and O–H groups in total. The molecular formula is C17H20N2O5. The summed E-state index contributed by atoms with van der Waals surface area (Å²) in [6, 6.07) is 4.97. The van der Waals surface area contributed by atoms with Gasteiger partial charge in [-0.3, -0.25) is 19.7 Å². The van der Waals surface area contributed by atoms with Crippen LogP contribution in [0.4, 0.5) is 4.79 Å². The number of carbonyl (C=O) groups excluding carboxylic acids is 4. The fourth-order valence-electron chi connectivity index (χ4n) is 2.55. The molecule has 0 unspecified atom stereocenters. The third-order valence-corrected chi connectivity index (χ3v) is 3.82. The second kappa shape index (κ2) is 8.24. The third kappa shape index (κ3) is 4.91. The molecule has 1 aromatic carbocycles. The van der Waals surface area contributed by atoms with Gasteiger partial charge in [-0.05, 0) is 36.5 Å². The average molecular weight is 332 g/mol. The van der Waals surface area contributed by atoms with Gasteiger partial charge in [-0.15, -0.1) is 0 Å². The topological polar surface area (TPSA) is 102 Å². The van der Waals surface area contributed by atoms with Crippen LogP contribution in [0.2, 0.25) is 0 Å². The smallest absolute Gasteiger partial charge is 0.321 e. The first-order valence-electron chi connectivity index (χ1n) is 7.82. The molecule has 0 spiro atoms. The van der Waals surface area contributed by atoms with Crippen molar-refractivity contribution in [1.82, 2.24) is 10.6 Å². The second-order valence-electron chi connectivity index (χ2n) is 5.55. The molecule has 0 radical (unpaired) electrons. The first-order valence-corrected chi connectivity index (χ1v) is 7.82. The summed E-state index contributed by atoms with van der Waals surface area (Å²) in [6.45, 7) is -0.556. The Morgan fingerprint density at radius 3 is 2.58 bits per heavy atom. The van der Waals surface area contributed by atoms with Gasteiger partial charge in [0.05, 0.1) is 6.42 Å². The Morgan fingerprint density at radius 1 is 1.08 bits per heavy atom. The molecule has 0 saturated heterocycles. The Morgan fingerprint density at radius 2 is 1.83 bits per heavy atom. The summed E-state index contributed by atoms with van der Waals surface area (Å²) in [5, 5.41) is 4.17. The maximum Gasteiger partial charge on any atom is 0.321 e. The van der Waals surface area contributed by atoms with Crippen LogP contribution in [-0.4, -0.2) is 37.3 Å². The van der Waals surface area contributed by atoms with Gasteiger partial charge >= 0.3 is 12.0 Å². The molecule has 0 aromatic heterocycles. The number of benzene rings is 1. The number of imide groups is 1. The summed E-state index contributed by atoms with van der Waals surface area (Å²) in [5.74, 6) is -1.51. The van der Waals surface area contributed by atoms with Gasteiger partial charge in [0, 0.05) is 19.0 Å². The quantitative estimate of drug-likeness (QED) is 0.601. The average Bonchev–Trinajstić information content (AvgIpc) is 3.05.